The highest BCUT2D eigenvalue weighted by Gasteiger charge is 2.41. The topological polar surface area (TPSA) is 107 Å². The van der Waals surface area contributed by atoms with Gasteiger partial charge in [0.1, 0.15) is 23.0 Å². The van der Waals surface area contributed by atoms with E-state index in [0.29, 0.717) is 17.7 Å². The van der Waals surface area contributed by atoms with E-state index in [9.17, 15) is 13.9 Å². The van der Waals surface area contributed by atoms with Gasteiger partial charge in [-0.05, 0) is 97.8 Å². The summed E-state index contributed by atoms with van der Waals surface area (Å²) in [6.45, 7) is 5.46. The number of nitrogens with zero attached hydrogens (tertiary/aromatic N) is 1. The molecule has 9 heteroatoms. The van der Waals surface area contributed by atoms with Gasteiger partial charge in [-0.15, -0.1) is 0 Å². The van der Waals surface area contributed by atoms with E-state index in [1.54, 1.807) is 24.3 Å². The lowest BCUT2D eigenvalue weighted by Crippen LogP contribution is -2.44. The van der Waals surface area contributed by atoms with Crippen LogP contribution in [-0.2, 0) is 21.6 Å². The van der Waals surface area contributed by atoms with E-state index in [1.807, 2.05) is 12.1 Å². The van der Waals surface area contributed by atoms with Gasteiger partial charge < -0.3 is 25.0 Å². The Morgan fingerprint density at radius 2 is 1.32 bits per heavy atom. The van der Waals surface area contributed by atoms with Crippen molar-refractivity contribution >= 4 is 11.9 Å². The van der Waals surface area contributed by atoms with Crippen LogP contribution < -0.4 is 4.74 Å². The van der Waals surface area contributed by atoms with E-state index >= 15 is 0 Å². The number of piperidine rings is 1. The maximum atomic E-state index is 13.6. The van der Waals surface area contributed by atoms with E-state index < -0.39 is 17.5 Å². The minimum absolute atomic E-state index is 0.0481. The molecule has 1 aliphatic heterocycles. The van der Waals surface area contributed by atoms with Crippen LogP contribution in [0.2, 0.25) is 0 Å². The summed E-state index contributed by atoms with van der Waals surface area (Å²) in [5, 5.41) is 26.7. The predicted octanol–water partition coefficient (Wildman–Crippen LogP) is 5.10. The number of carboxylic acid groups (broad SMARTS) is 2. The van der Waals surface area contributed by atoms with E-state index in [-0.39, 0.29) is 17.6 Å². The van der Waals surface area contributed by atoms with Crippen molar-refractivity contribution in [3.8, 4) is 5.75 Å². The summed E-state index contributed by atoms with van der Waals surface area (Å²) in [5.74, 6) is -3.48. The zero-order chi connectivity index (χ0) is 29.1. The van der Waals surface area contributed by atoms with Gasteiger partial charge in [0.05, 0.1) is 6.61 Å². The van der Waals surface area contributed by atoms with Gasteiger partial charge in [0.25, 0.3) is 0 Å². The number of aryl methyl sites for hydroxylation is 1. The Morgan fingerprint density at radius 1 is 0.850 bits per heavy atom. The van der Waals surface area contributed by atoms with Gasteiger partial charge in [0.2, 0.25) is 0 Å². The Kier molecular flexibility index (Phi) is 11.2. The van der Waals surface area contributed by atoms with E-state index in [2.05, 4.69) is 24.0 Å². The number of aliphatic carboxylic acids is 2. The molecule has 0 radical (unpaired) electrons. The van der Waals surface area contributed by atoms with Crippen molar-refractivity contribution in [3.05, 3.63) is 101 Å². The Balaban J connectivity index is 0.000000663. The zero-order valence-electron chi connectivity index (χ0n) is 22.4. The molecule has 214 valence electrons. The number of benzene rings is 3. The fraction of sp³-hybridized carbons (Fsp3) is 0.355. The first-order chi connectivity index (χ1) is 19.1. The van der Waals surface area contributed by atoms with E-state index in [0.717, 1.165) is 51.1 Å². The van der Waals surface area contributed by atoms with Gasteiger partial charge in [-0.2, -0.15) is 0 Å². The molecule has 0 amide bonds. The average Bonchev–Trinajstić information content (AvgIpc) is 2.96. The van der Waals surface area contributed by atoms with E-state index in [4.69, 9.17) is 24.5 Å². The Bertz CT molecular complexity index is 1170. The van der Waals surface area contributed by atoms with Gasteiger partial charge in [0, 0.05) is 6.54 Å². The molecule has 3 aromatic carbocycles. The summed E-state index contributed by atoms with van der Waals surface area (Å²) in [4.78, 5) is 20.6. The number of halogens is 2. The van der Waals surface area contributed by atoms with Crippen LogP contribution in [-0.4, -0.2) is 58.4 Å². The molecular weight excluding hydrogens is 520 g/mol. The van der Waals surface area contributed by atoms with Crippen molar-refractivity contribution in [2.24, 2.45) is 5.92 Å². The van der Waals surface area contributed by atoms with Crippen LogP contribution >= 0.6 is 0 Å². The molecule has 3 aromatic rings. The summed E-state index contributed by atoms with van der Waals surface area (Å²) in [6.07, 6.45) is 3.54. The van der Waals surface area contributed by atoms with Crippen LogP contribution in [0.4, 0.5) is 8.78 Å². The van der Waals surface area contributed by atoms with Crippen LogP contribution in [0, 0.1) is 17.6 Å². The van der Waals surface area contributed by atoms with Crippen LogP contribution in [0.5, 0.6) is 5.75 Å². The molecule has 0 saturated carbocycles. The first kappa shape index (κ1) is 30.7. The highest BCUT2D eigenvalue weighted by Crippen LogP contribution is 2.42. The van der Waals surface area contributed by atoms with Crippen molar-refractivity contribution in [2.45, 2.75) is 38.2 Å². The minimum atomic E-state index is -1.82. The summed E-state index contributed by atoms with van der Waals surface area (Å²) >= 11 is 0. The van der Waals surface area contributed by atoms with Crippen LogP contribution in [0.25, 0.3) is 0 Å². The van der Waals surface area contributed by atoms with Gasteiger partial charge in [-0.3, -0.25) is 0 Å². The lowest BCUT2D eigenvalue weighted by molar-refractivity contribution is -0.159. The maximum absolute atomic E-state index is 13.6. The Morgan fingerprint density at radius 3 is 1.75 bits per heavy atom. The molecule has 4 rings (SSSR count). The molecule has 1 saturated heterocycles. The smallest absolute Gasteiger partial charge is 0.414 e. The highest BCUT2D eigenvalue weighted by molar-refractivity contribution is 6.27. The van der Waals surface area contributed by atoms with E-state index in [1.165, 1.54) is 29.8 Å². The van der Waals surface area contributed by atoms with Gasteiger partial charge in [0.15, 0.2) is 0 Å². The molecule has 0 aromatic heterocycles. The molecule has 0 bridgehead atoms. The third kappa shape index (κ3) is 8.34. The molecule has 1 aliphatic rings. The SMILES string of the molecule is CCc1ccc(OCCCN2CCC(C(O)(c3ccc(F)cc3)c3ccc(F)cc3)CC2)cc1.O=C(O)C(=O)O. The number of carbonyl (C=O) groups is 2. The summed E-state index contributed by atoms with van der Waals surface area (Å²) in [7, 11) is 0. The normalized spacial score (nSPS) is 14.2. The highest BCUT2D eigenvalue weighted by atomic mass is 19.1. The number of hydrogen-bond donors (Lipinski definition) is 3. The summed E-state index contributed by atoms with van der Waals surface area (Å²) in [6, 6.07) is 20.3. The lowest BCUT2D eigenvalue weighted by Gasteiger charge is -2.42. The number of hydrogen-bond acceptors (Lipinski definition) is 5. The second-order valence-electron chi connectivity index (χ2n) is 9.71. The minimum Gasteiger partial charge on any atom is -0.494 e. The van der Waals surface area contributed by atoms with Gasteiger partial charge >= 0.3 is 11.9 Å². The number of rotatable bonds is 9. The number of carboxylic acids is 2. The second-order valence-corrected chi connectivity index (χ2v) is 9.71. The van der Waals surface area contributed by atoms with Crippen LogP contribution in [0.15, 0.2) is 72.8 Å². The largest absolute Gasteiger partial charge is 0.494 e. The van der Waals surface area contributed by atoms with Crippen molar-refractivity contribution in [3.63, 3.8) is 0 Å². The Hall–Kier alpha value is -3.82. The van der Waals surface area contributed by atoms with Gasteiger partial charge in [-0.25, -0.2) is 18.4 Å². The summed E-state index contributed by atoms with van der Waals surface area (Å²) < 4.78 is 33.0. The third-order valence-corrected chi connectivity index (χ3v) is 7.15. The first-order valence-corrected chi connectivity index (χ1v) is 13.3. The lowest BCUT2D eigenvalue weighted by atomic mass is 9.72. The average molecular weight is 556 g/mol. The van der Waals surface area contributed by atoms with Gasteiger partial charge in [-0.1, -0.05) is 43.3 Å². The van der Waals surface area contributed by atoms with Crippen molar-refractivity contribution in [2.75, 3.05) is 26.2 Å². The summed E-state index contributed by atoms with van der Waals surface area (Å²) in [5.41, 5.74) is 1.29. The maximum Gasteiger partial charge on any atom is 0.414 e. The fourth-order valence-corrected chi connectivity index (χ4v) is 4.92. The first-order valence-electron chi connectivity index (χ1n) is 13.3. The quantitative estimate of drug-likeness (QED) is 0.249. The zero-order valence-corrected chi connectivity index (χ0v) is 22.4. The van der Waals surface area contributed by atoms with Crippen LogP contribution in [0.1, 0.15) is 42.9 Å². The standard InChI is InChI=1S/C29H33F2NO2.C2H2O4/c1-2-22-4-14-28(15-5-22)34-21-3-18-32-19-16-25(17-20-32)29(33,23-6-10-26(30)11-7-23)24-8-12-27(31)13-9-24;3-1(4)2(5)6/h4-15,25,33H,2-3,16-21H2,1H3;(H,3,4)(H,5,6). The number of aliphatic hydroxyl groups is 1. The third-order valence-electron chi connectivity index (χ3n) is 7.15. The fourth-order valence-electron chi connectivity index (χ4n) is 4.92. The number of likely N-dealkylation sites (tertiary alicyclic amines) is 1. The van der Waals surface area contributed by atoms with Crippen LogP contribution in [0.3, 0.4) is 0 Å². The second kappa shape index (κ2) is 14.5. The molecule has 1 fully saturated rings. The molecule has 0 unspecified atom stereocenters. The molecular formula is C31H35F2NO6. The molecule has 1 heterocycles. The molecule has 0 atom stereocenters. The van der Waals surface area contributed by atoms with Crippen molar-refractivity contribution in [1.29, 1.82) is 0 Å². The number of ether oxygens (including phenoxy) is 1. The molecule has 3 N–H and O–H groups in total. The Labute approximate surface area is 232 Å². The monoisotopic (exact) mass is 555 g/mol. The molecule has 40 heavy (non-hydrogen) atoms. The molecule has 0 aliphatic carbocycles. The van der Waals surface area contributed by atoms with Crippen molar-refractivity contribution in [1.82, 2.24) is 4.90 Å². The van der Waals surface area contributed by atoms with Crippen molar-refractivity contribution < 1.29 is 38.4 Å². The molecule has 7 nitrogen and oxygen atoms in total. The molecule has 0 spiro atoms. The predicted molar refractivity (Wildman–Crippen MR) is 146 cm³/mol.